The lowest BCUT2D eigenvalue weighted by molar-refractivity contribution is 0.298. The second-order valence-electron chi connectivity index (χ2n) is 6.32. The summed E-state index contributed by atoms with van der Waals surface area (Å²) < 4.78 is 39.2. The summed E-state index contributed by atoms with van der Waals surface area (Å²) in [5.74, 6) is 1.10. The summed E-state index contributed by atoms with van der Waals surface area (Å²) in [5.41, 5.74) is 0.962. The zero-order chi connectivity index (χ0) is 20.4. The lowest BCUT2D eigenvalue weighted by atomic mass is 10.3. The molecule has 148 valence electrons. The number of rotatable bonds is 6. The fourth-order valence-corrected chi connectivity index (χ4v) is 3.82. The number of hydrogen-bond acceptors (Lipinski definition) is 6. The van der Waals surface area contributed by atoms with E-state index in [2.05, 4.69) is 9.71 Å². The molecule has 0 saturated carbocycles. The van der Waals surface area contributed by atoms with Crippen molar-refractivity contribution in [1.29, 1.82) is 0 Å². The number of nitrogens with one attached hydrogen (secondary N) is 1. The van der Waals surface area contributed by atoms with Crippen LogP contribution in [-0.4, -0.2) is 18.0 Å². The predicted octanol–water partition coefficient (Wildman–Crippen LogP) is 2.98. The van der Waals surface area contributed by atoms with Crippen molar-refractivity contribution < 1.29 is 17.7 Å². The lowest BCUT2D eigenvalue weighted by Crippen LogP contribution is -2.14. The number of aromatic nitrogens is 2. The largest absolute Gasteiger partial charge is 0.487 e. The first-order chi connectivity index (χ1) is 13.9. The van der Waals surface area contributed by atoms with Crippen molar-refractivity contribution in [3.63, 3.8) is 0 Å². The lowest BCUT2D eigenvalue weighted by Gasteiger charge is -2.09. The van der Waals surface area contributed by atoms with Gasteiger partial charge in [0, 0.05) is 17.8 Å². The molecular formula is C20H17N3O5S. The molecular weight excluding hydrogens is 394 g/mol. The van der Waals surface area contributed by atoms with Gasteiger partial charge in [-0.2, -0.15) is 0 Å². The van der Waals surface area contributed by atoms with Crippen molar-refractivity contribution in [2.45, 2.75) is 18.4 Å². The molecule has 2 aromatic carbocycles. The third-order valence-corrected chi connectivity index (χ3v) is 5.47. The molecule has 0 bridgehead atoms. The van der Waals surface area contributed by atoms with Gasteiger partial charge in [0.2, 0.25) is 0 Å². The Morgan fingerprint density at radius 2 is 1.79 bits per heavy atom. The van der Waals surface area contributed by atoms with Gasteiger partial charge in [-0.05, 0) is 43.3 Å². The Kier molecular flexibility index (Phi) is 4.81. The molecule has 0 fully saturated rings. The summed E-state index contributed by atoms with van der Waals surface area (Å²) in [5, 5.41) is 0. The SMILES string of the molecule is Cc1cc2nc(COc3ccc(NS(=O)(=O)c4ccccc4)cc3)cc(=O)n2o1. The van der Waals surface area contributed by atoms with Gasteiger partial charge in [-0.15, -0.1) is 4.57 Å². The fourth-order valence-electron chi connectivity index (χ4n) is 2.74. The molecule has 0 radical (unpaired) electrons. The summed E-state index contributed by atoms with van der Waals surface area (Å²) in [4.78, 5) is 16.5. The molecule has 1 N–H and O–H groups in total. The van der Waals surface area contributed by atoms with Crippen LogP contribution in [0.15, 0.2) is 80.9 Å². The monoisotopic (exact) mass is 411 g/mol. The minimum atomic E-state index is -3.65. The predicted molar refractivity (Wildman–Crippen MR) is 106 cm³/mol. The van der Waals surface area contributed by atoms with Crippen LogP contribution in [0, 0.1) is 6.92 Å². The van der Waals surface area contributed by atoms with Gasteiger partial charge in [0.05, 0.1) is 10.6 Å². The summed E-state index contributed by atoms with van der Waals surface area (Å²) >= 11 is 0. The number of hydrogen-bond donors (Lipinski definition) is 1. The van der Waals surface area contributed by atoms with Gasteiger partial charge in [0.25, 0.3) is 15.6 Å². The van der Waals surface area contributed by atoms with Gasteiger partial charge in [-0.25, -0.2) is 13.4 Å². The van der Waals surface area contributed by atoms with E-state index < -0.39 is 10.0 Å². The third-order valence-electron chi connectivity index (χ3n) is 4.07. The van der Waals surface area contributed by atoms with E-state index in [0.717, 1.165) is 4.57 Å². The quantitative estimate of drug-likeness (QED) is 0.523. The van der Waals surface area contributed by atoms with E-state index in [4.69, 9.17) is 9.26 Å². The number of sulfonamides is 1. The number of benzene rings is 2. The fraction of sp³-hybridized carbons (Fsp3) is 0.100. The standard InChI is InChI=1S/C20H17N3O5S/c1-14-11-19-21-16(12-20(24)23(19)28-14)13-27-17-9-7-15(8-10-17)22-29(25,26)18-5-3-2-4-6-18/h2-12,22H,13H2,1H3. The van der Waals surface area contributed by atoms with E-state index in [0.29, 0.717) is 28.5 Å². The molecule has 9 heteroatoms. The van der Waals surface area contributed by atoms with Crippen molar-refractivity contribution in [2.75, 3.05) is 4.72 Å². The number of aryl methyl sites for hydroxylation is 1. The second-order valence-corrected chi connectivity index (χ2v) is 8.00. The van der Waals surface area contributed by atoms with Crippen molar-refractivity contribution in [3.8, 4) is 5.75 Å². The topological polar surface area (TPSA) is 103 Å². The Balaban J connectivity index is 1.44. The van der Waals surface area contributed by atoms with Crippen LogP contribution < -0.4 is 15.0 Å². The van der Waals surface area contributed by atoms with Crippen LogP contribution >= 0.6 is 0 Å². The summed E-state index contributed by atoms with van der Waals surface area (Å²) in [7, 11) is -3.65. The van der Waals surface area contributed by atoms with E-state index in [1.807, 2.05) is 0 Å². The second kappa shape index (κ2) is 7.44. The molecule has 0 unspecified atom stereocenters. The van der Waals surface area contributed by atoms with Gasteiger partial charge in [-0.1, -0.05) is 18.2 Å². The van der Waals surface area contributed by atoms with Crippen LogP contribution in [0.3, 0.4) is 0 Å². The molecule has 0 aliphatic heterocycles. The van der Waals surface area contributed by atoms with E-state index in [9.17, 15) is 13.2 Å². The summed E-state index contributed by atoms with van der Waals surface area (Å²) in [6.45, 7) is 1.82. The minimum Gasteiger partial charge on any atom is -0.487 e. The van der Waals surface area contributed by atoms with Crippen molar-refractivity contribution in [2.24, 2.45) is 0 Å². The van der Waals surface area contributed by atoms with E-state index >= 15 is 0 Å². The highest BCUT2D eigenvalue weighted by atomic mass is 32.2. The van der Waals surface area contributed by atoms with Gasteiger partial charge in [0.1, 0.15) is 18.1 Å². The van der Waals surface area contributed by atoms with E-state index in [1.165, 1.54) is 18.2 Å². The van der Waals surface area contributed by atoms with E-state index in [1.54, 1.807) is 55.5 Å². The normalized spacial score (nSPS) is 11.5. The molecule has 2 aromatic heterocycles. The number of fused-ring (bicyclic) bond motifs is 1. The van der Waals surface area contributed by atoms with Crippen LogP contribution in [0.1, 0.15) is 11.5 Å². The highest BCUT2D eigenvalue weighted by Gasteiger charge is 2.13. The van der Waals surface area contributed by atoms with Gasteiger partial charge < -0.3 is 9.26 Å². The number of anilines is 1. The zero-order valence-corrected chi connectivity index (χ0v) is 16.2. The molecule has 2 heterocycles. The molecule has 4 rings (SSSR count). The van der Waals surface area contributed by atoms with Crippen LogP contribution in [0.25, 0.3) is 5.65 Å². The maximum atomic E-state index is 12.3. The average molecular weight is 411 g/mol. The molecule has 8 nitrogen and oxygen atoms in total. The molecule has 29 heavy (non-hydrogen) atoms. The first-order valence-corrected chi connectivity index (χ1v) is 10.2. The Labute approximate surface area is 166 Å². The van der Waals surface area contributed by atoms with Crippen LogP contribution in [0.4, 0.5) is 5.69 Å². The molecule has 4 aromatic rings. The smallest absolute Gasteiger partial charge is 0.287 e. The van der Waals surface area contributed by atoms with Crippen molar-refractivity contribution in [1.82, 2.24) is 9.56 Å². The highest BCUT2D eigenvalue weighted by Crippen LogP contribution is 2.20. The average Bonchev–Trinajstić information content (AvgIpc) is 3.09. The van der Waals surface area contributed by atoms with Crippen LogP contribution in [0.5, 0.6) is 5.75 Å². The number of nitrogens with zero attached hydrogens (tertiary/aromatic N) is 2. The molecule has 0 aliphatic rings. The maximum absolute atomic E-state index is 12.3. The Bertz CT molecular complexity index is 1310. The Hall–Kier alpha value is -3.59. The molecule has 0 spiro atoms. The first kappa shape index (κ1) is 18.8. The number of ether oxygens (including phenoxy) is 1. The van der Waals surface area contributed by atoms with Gasteiger partial charge in [0.15, 0.2) is 5.65 Å². The molecule has 0 amide bonds. The first-order valence-electron chi connectivity index (χ1n) is 8.71. The van der Waals surface area contributed by atoms with Crippen molar-refractivity contribution >= 4 is 21.4 Å². The minimum absolute atomic E-state index is 0.0884. The van der Waals surface area contributed by atoms with Crippen LogP contribution in [0.2, 0.25) is 0 Å². The van der Waals surface area contributed by atoms with Gasteiger partial charge >= 0.3 is 0 Å². The van der Waals surface area contributed by atoms with Gasteiger partial charge in [-0.3, -0.25) is 9.52 Å². The summed E-state index contributed by atoms with van der Waals surface area (Å²) in [6.07, 6.45) is 0. The molecule has 0 saturated heterocycles. The Morgan fingerprint density at radius 1 is 1.07 bits per heavy atom. The zero-order valence-electron chi connectivity index (χ0n) is 15.4. The molecule has 0 aliphatic carbocycles. The third kappa shape index (κ3) is 4.14. The summed E-state index contributed by atoms with van der Waals surface area (Å²) in [6, 6.07) is 17.6. The van der Waals surface area contributed by atoms with E-state index in [-0.39, 0.29) is 17.1 Å². The highest BCUT2D eigenvalue weighted by molar-refractivity contribution is 7.92. The Morgan fingerprint density at radius 3 is 2.52 bits per heavy atom. The van der Waals surface area contributed by atoms with Crippen LogP contribution in [-0.2, 0) is 16.6 Å². The maximum Gasteiger partial charge on any atom is 0.287 e. The van der Waals surface area contributed by atoms with Crippen molar-refractivity contribution in [3.05, 3.63) is 88.5 Å². The molecule has 0 atom stereocenters.